The lowest BCUT2D eigenvalue weighted by Gasteiger charge is -2.02. The highest BCUT2D eigenvalue weighted by molar-refractivity contribution is 9.10. The topological polar surface area (TPSA) is 69.0 Å². The summed E-state index contributed by atoms with van der Waals surface area (Å²) in [5.41, 5.74) is 0.446. The van der Waals surface area contributed by atoms with Crippen LogP contribution in [0.1, 0.15) is 10.4 Å². The Morgan fingerprint density at radius 2 is 2.33 bits per heavy atom. The Hall–Kier alpha value is -1.89. The molecule has 2 rings (SSSR count). The Morgan fingerprint density at radius 3 is 2.94 bits per heavy atom. The van der Waals surface area contributed by atoms with Crippen molar-refractivity contribution >= 4 is 27.7 Å². The molecule has 0 aliphatic carbocycles. The zero-order chi connectivity index (χ0) is 13.1. The van der Waals surface area contributed by atoms with Gasteiger partial charge in [0.2, 0.25) is 5.88 Å². The predicted molar refractivity (Wildman–Crippen MR) is 69.7 cm³/mol. The number of rotatable bonds is 3. The van der Waals surface area contributed by atoms with Gasteiger partial charge in [0.1, 0.15) is 4.60 Å². The number of nitrogens with one attached hydrogen (secondary N) is 1. The van der Waals surface area contributed by atoms with Crippen molar-refractivity contribution in [1.82, 2.24) is 14.8 Å². The van der Waals surface area contributed by atoms with E-state index in [9.17, 15) is 4.79 Å². The highest BCUT2D eigenvalue weighted by Crippen LogP contribution is 2.18. The van der Waals surface area contributed by atoms with Crippen LogP contribution >= 0.6 is 15.9 Å². The molecule has 2 aromatic heterocycles. The molecule has 2 heterocycles. The lowest BCUT2D eigenvalue weighted by Crippen LogP contribution is -2.13. The molecule has 0 atom stereocenters. The smallest absolute Gasteiger partial charge is 0.259 e. The fraction of sp³-hybridized carbons (Fsp3) is 0.182. The van der Waals surface area contributed by atoms with Gasteiger partial charge in [-0.05, 0) is 28.1 Å². The van der Waals surface area contributed by atoms with Crippen LogP contribution in [0.25, 0.3) is 0 Å². The average molecular weight is 311 g/mol. The lowest BCUT2D eigenvalue weighted by molar-refractivity contribution is 0.102. The first-order valence-electron chi connectivity index (χ1n) is 5.11. The monoisotopic (exact) mass is 310 g/mol. The molecule has 7 heteroatoms. The molecule has 94 valence electrons. The minimum Gasteiger partial charge on any atom is -0.481 e. The van der Waals surface area contributed by atoms with Crippen LogP contribution in [0.2, 0.25) is 0 Å². The quantitative estimate of drug-likeness (QED) is 0.878. The van der Waals surface area contributed by atoms with Crippen molar-refractivity contribution in [2.75, 3.05) is 12.4 Å². The minimum absolute atomic E-state index is 0.282. The predicted octanol–water partition coefficient (Wildman–Crippen LogP) is 1.84. The Bertz CT molecular complexity index is 582. The SMILES string of the molecule is COc1cc(NC(=O)c2cccnc2Br)nn1C. The summed E-state index contributed by atoms with van der Waals surface area (Å²) in [7, 11) is 3.27. The van der Waals surface area contributed by atoms with Gasteiger partial charge >= 0.3 is 0 Å². The number of hydrogen-bond acceptors (Lipinski definition) is 4. The highest BCUT2D eigenvalue weighted by atomic mass is 79.9. The van der Waals surface area contributed by atoms with E-state index in [2.05, 4.69) is 31.3 Å². The second kappa shape index (κ2) is 5.18. The van der Waals surface area contributed by atoms with E-state index < -0.39 is 0 Å². The number of halogens is 1. The third kappa shape index (κ3) is 2.51. The maximum Gasteiger partial charge on any atom is 0.259 e. The highest BCUT2D eigenvalue weighted by Gasteiger charge is 2.13. The number of anilines is 1. The van der Waals surface area contributed by atoms with Crippen LogP contribution in [0.4, 0.5) is 5.82 Å². The summed E-state index contributed by atoms with van der Waals surface area (Å²) in [4.78, 5) is 16.0. The number of aryl methyl sites for hydroxylation is 1. The number of ether oxygens (including phenoxy) is 1. The van der Waals surface area contributed by atoms with E-state index in [0.717, 1.165) is 0 Å². The van der Waals surface area contributed by atoms with Crippen LogP contribution in [0, 0.1) is 0 Å². The summed E-state index contributed by atoms with van der Waals surface area (Å²) in [5.74, 6) is 0.710. The van der Waals surface area contributed by atoms with Gasteiger partial charge in [-0.1, -0.05) is 0 Å². The second-order valence-electron chi connectivity index (χ2n) is 3.49. The van der Waals surface area contributed by atoms with E-state index in [4.69, 9.17) is 4.74 Å². The fourth-order valence-electron chi connectivity index (χ4n) is 1.44. The number of pyridine rings is 1. The van der Waals surface area contributed by atoms with Gasteiger partial charge in [-0.2, -0.15) is 5.10 Å². The lowest BCUT2D eigenvalue weighted by atomic mass is 10.3. The normalized spacial score (nSPS) is 10.2. The van der Waals surface area contributed by atoms with Crippen LogP contribution in [-0.2, 0) is 7.05 Å². The number of amides is 1. The molecule has 1 N–H and O–H groups in total. The van der Waals surface area contributed by atoms with Gasteiger partial charge in [0.15, 0.2) is 5.82 Å². The summed E-state index contributed by atoms with van der Waals surface area (Å²) in [6.07, 6.45) is 1.60. The van der Waals surface area contributed by atoms with Gasteiger partial charge in [-0.15, -0.1) is 0 Å². The first kappa shape index (κ1) is 12.6. The summed E-state index contributed by atoms with van der Waals surface area (Å²) < 4.78 is 7.09. The maximum atomic E-state index is 12.0. The van der Waals surface area contributed by atoms with E-state index in [0.29, 0.717) is 21.9 Å². The molecule has 0 unspecified atom stereocenters. The molecule has 0 fully saturated rings. The van der Waals surface area contributed by atoms with E-state index in [1.54, 1.807) is 38.6 Å². The molecule has 0 spiro atoms. The fourth-order valence-corrected chi connectivity index (χ4v) is 1.87. The van der Waals surface area contributed by atoms with Gasteiger partial charge in [0, 0.05) is 19.3 Å². The molecule has 2 aromatic rings. The molecule has 0 aromatic carbocycles. The number of methoxy groups -OCH3 is 1. The summed E-state index contributed by atoms with van der Waals surface area (Å²) in [6.45, 7) is 0. The third-order valence-electron chi connectivity index (χ3n) is 2.29. The van der Waals surface area contributed by atoms with Crippen molar-refractivity contribution in [3.05, 3.63) is 34.6 Å². The molecule has 18 heavy (non-hydrogen) atoms. The van der Waals surface area contributed by atoms with Gasteiger partial charge in [-0.3, -0.25) is 4.79 Å². The molecule has 0 radical (unpaired) electrons. The molecule has 0 aliphatic rings. The van der Waals surface area contributed by atoms with E-state index >= 15 is 0 Å². The largest absolute Gasteiger partial charge is 0.481 e. The number of hydrogen-bond donors (Lipinski definition) is 1. The van der Waals surface area contributed by atoms with E-state index in [-0.39, 0.29) is 5.91 Å². The molecule has 0 saturated heterocycles. The van der Waals surface area contributed by atoms with Gasteiger partial charge in [0.25, 0.3) is 5.91 Å². The zero-order valence-electron chi connectivity index (χ0n) is 9.85. The van der Waals surface area contributed by atoms with Crippen molar-refractivity contribution in [2.45, 2.75) is 0 Å². The van der Waals surface area contributed by atoms with Crippen molar-refractivity contribution in [2.24, 2.45) is 7.05 Å². The first-order chi connectivity index (χ1) is 8.61. The number of nitrogens with zero attached hydrogens (tertiary/aromatic N) is 3. The maximum absolute atomic E-state index is 12.0. The standard InChI is InChI=1S/C11H11BrN4O2/c1-16-9(18-2)6-8(15-16)14-11(17)7-4-3-5-13-10(7)12/h3-6H,1-2H3,(H,14,15,17). The summed E-state index contributed by atoms with van der Waals surface area (Å²) in [6, 6.07) is 5.01. The van der Waals surface area contributed by atoms with Crippen LogP contribution in [0.15, 0.2) is 29.0 Å². The average Bonchev–Trinajstić information content (AvgIpc) is 2.69. The molecule has 0 bridgehead atoms. The van der Waals surface area contributed by atoms with E-state index in [1.807, 2.05) is 0 Å². The molecular formula is C11H11BrN4O2. The number of carbonyl (C=O) groups is 1. The molecular weight excluding hydrogens is 300 g/mol. The van der Waals surface area contributed by atoms with Crippen molar-refractivity contribution < 1.29 is 9.53 Å². The van der Waals surface area contributed by atoms with Crippen LogP contribution in [0.3, 0.4) is 0 Å². The van der Waals surface area contributed by atoms with Crippen LogP contribution in [-0.4, -0.2) is 27.8 Å². The Kier molecular flexibility index (Phi) is 3.61. The summed E-state index contributed by atoms with van der Waals surface area (Å²) >= 11 is 3.22. The number of aromatic nitrogens is 3. The van der Waals surface area contributed by atoms with Crippen molar-refractivity contribution in [3.63, 3.8) is 0 Å². The molecule has 0 aliphatic heterocycles. The number of carbonyl (C=O) groups excluding carboxylic acids is 1. The first-order valence-corrected chi connectivity index (χ1v) is 5.91. The molecule has 1 amide bonds. The van der Waals surface area contributed by atoms with Gasteiger partial charge < -0.3 is 10.1 Å². The van der Waals surface area contributed by atoms with Crippen LogP contribution in [0.5, 0.6) is 5.88 Å². The Labute approximate surface area is 112 Å². The molecule has 0 saturated carbocycles. The van der Waals surface area contributed by atoms with Crippen molar-refractivity contribution in [3.8, 4) is 5.88 Å². The van der Waals surface area contributed by atoms with Gasteiger partial charge in [0.05, 0.1) is 12.7 Å². The molecule has 6 nitrogen and oxygen atoms in total. The van der Waals surface area contributed by atoms with Crippen molar-refractivity contribution in [1.29, 1.82) is 0 Å². The minimum atomic E-state index is -0.282. The zero-order valence-corrected chi connectivity index (χ0v) is 11.4. The third-order valence-corrected chi connectivity index (χ3v) is 2.92. The Balaban J connectivity index is 2.19. The second-order valence-corrected chi connectivity index (χ2v) is 4.24. The van der Waals surface area contributed by atoms with Crippen LogP contribution < -0.4 is 10.1 Å². The van der Waals surface area contributed by atoms with E-state index in [1.165, 1.54) is 4.68 Å². The summed E-state index contributed by atoms with van der Waals surface area (Å²) in [5, 5.41) is 6.77. The Morgan fingerprint density at radius 1 is 1.56 bits per heavy atom. The van der Waals surface area contributed by atoms with Gasteiger partial charge in [-0.25, -0.2) is 9.67 Å².